The molecule has 0 saturated heterocycles. The van der Waals surface area contributed by atoms with Crippen LogP contribution in [0, 0.1) is 6.92 Å². The largest absolute Gasteiger partial charge is 0.274 e. The highest BCUT2D eigenvalue weighted by atomic mass is 16.1. The molecule has 1 aliphatic rings. The number of rotatable bonds is 6. The third kappa shape index (κ3) is 4.62. The van der Waals surface area contributed by atoms with E-state index in [1.54, 1.807) is 6.08 Å². The summed E-state index contributed by atoms with van der Waals surface area (Å²) in [6.45, 7) is 13.9. The molecule has 2 heterocycles. The Kier molecular flexibility index (Phi) is 8.21. The monoisotopic (exact) mass is 384 g/mol. The number of allylic oxidation sites excluding steroid dienone is 3. The van der Waals surface area contributed by atoms with Gasteiger partial charge in [0.05, 0.1) is 5.69 Å². The zero-order valence-electron chi connectivity index (χ0n) is 18.3. The van der Waals surface area contributed by atoms with E-state index in [2.05, 4.69) is 30.5 Å². The minimum Gasteiger partial charge on any atom is -0.274 e. The Morgan fingerprint density at radius 3 is 2.54 bits per heavy atom. The fourth-order valence-electron chi connectivity index (χ4n) is 4.11. The van der Waals surface area contributed by atoms with Crippen molar-refractivity contribution in [1.29, 1.82) is 0 Å². The zero-order valence-corrected chi connectivity index (χ0v) is 18.3. The van der Waals surface area contributed by atoms with Crippen LogP contribution in [0.25, 0.3) is 5.78 Å². The van der Waals surface area contributed by atoms with E-state index in [0.29, 0.717) is 6.42 Å². The standard InChI is InChI=1S/C21H30N4O.C2H6/c1-5-10-15(3)14-18-19(11-6-2)25-21(22-16(4)23-25)24(20(18)26)17-12-8-7-9-13-17;1-2/h5,10,17H,1,6-9,11-14H2,2-4H3;1-2H3/b15-10+;. The summed E-state index contributed by atoms with van der Waals surface area (Å²) < 4.78 is 3.88. The summed E-state index contributed by atoms with van der Waals surface area (Å²) in [6, 6.07) is 0.237. The van der Waals surface area contributed by atoms with Crippen molar-refractivity contribution >= 4 is 5.78 Å². The average Bonchev–Trinajstić information content (AvgIpc) is 3.08. The molecule has 0 spiro atoms. The van der Waals surface area contributed by atoms with Gasteiger partial charge in [-0.2, -0.15) is 10.1 Å². The van der Waals surface area contributed by atoms with Crippen LogP contribution < -0.4 is 5.56 Å². The summed E-state index contributed by atoms with van der Waals surface area (Å²) in [6.07, 6.45) is 11.9. The SMILES string of the molecule is C=C/C=C(\C)Cc1c(CCC)n2nc(C)nc2n(C2CCCCC2)c1=O.CC. The van der Waals surface area contributed by atoms with Crippen molar-refractivity contribution in [3.63, 3.8) is 0 Å². The second-order valence-corrected chi connectivity index (χ2v) is 7.44. The van der Waals surface area contributed by atoms with Crippen molar-refractivity contribution in [1.82, 2.24) is 19.2 Å². The van der Waals surface area contributed by atoms with Gasteiger partial charge in [-0.3, -0.25) is 9.36 Å². The molecule has 1 saturated carbocycles. The minimum absolute atomic E-state index is 0.122. The second kappa shape index (κ2) is 10.4. The number of aromatic nitrogens is 4. The molecular formula is C23H36N4O. The lowest BCUT2D eigenvalue weighted by Crippen LogP contribution is -2.33. The first kappa shape index (κ1) is 22.1. The van der Waals surface area contributed by atoms with Crippen molar-refractivity contribution < 1.29 is 0 Å². The van der Waals surface area contributed by atoms with Crippen LogP contribution in [-0.4, -0.2) is 19.2 Å². The van der Waals surface area contributed by atoms with E-state index in [9.17, 15) is 4.79 Å². The predicted molar refractivity (Wildman–Crippen MR) is 117 cm³/mol. The molecule has 3 rings (SSSR count). The van der Waals surface area contributed by atoms with E-state index >= 15 is 0 Å². The Labute approximate surface area is 169 Å². The number of hydrogen-bond acceptors (Lipinski definition) is 3. The Hall–Kier alpha value is -2.17. The smallest absolute Gasteiger partial charge is 0.258 e. The van der Waals surface area contributed by atoms with Gasteiger partial charge in [0.2, 0.25) is 5.78 Å². The predicted octanol–water partition coefficient (Wildman–Crippen LogP) is 5.36. The van der Waals surface area contributed by atoms with Crippen molar-refractivity contribution in [2.45, 2.75) is 92.0 Å². The van der Waals surface area contributed by atoms with Gasteiger partial charge in [-0.25, -0.2) is 4.52 Å². The Morgan fingerprint density at radius 2 is 1.93 bits per heavy atom. The quantitative estimate of drug-likeness (QED) is 0.630. The molecular weight excluding hydrogens is 348 g/mol. The van der Waals surface area contributed by atoms with E-state index in [1.807, 2.05) is 35.9 Å². The molecule has 0 amide bonds. The van der Waals surface area contributed by atoms with Crippen LogP contribution >= 0.6 is 0 Å². The van der Waals surface area contributed by atoms with Gasteiger partial charge in [-0.15, -0.1) is 0 Å². The molecule has 0 aliphatic heterocycles. The van der Waals surface area contributed by atoms with Crippen LogP contribution in [0.15, 0.2) is 29.1 Å². The van der Waals surface area contributed by atoms with Crippen LogP contribution in [0.4, 0.5) is 0 Å². The molecule has 154 valence electrons. The lowest BCUT2D eigenvalue weighted by molar-refractivity contribution is 0.348. The van der Waals surface area contributed by atoms with Gasteiger partial charge in [-0.05, 0) is 33.1 Å². The normalized spacial score (nSPS) is 15.4. The van der Waals surface area contributed by atoms with Gasteiger partial charge in [0, 0.05) is 18.0 Å². The van der Waals surface area contributed by atoms with Crippen LogP contribution in [0.3, 0.4) is 0 Å². The lowest BCUT2D eigenvalue weighted by Gasteiger charge is -2.25. The van der Waals surface area contributed by atoms with Crippen LogP contribution in [0.1, 0.15) is 89.3 Å². The van der Waals surface area contributed by atoms with Gasteiger partial charge < -0.3 is 0 Å². The topological polar surface area (TPSA) is 52.2 Å². The van der Waals surface area contributed by atoms with Gasteiger partial charge in [0.1, 0.15) is 5.82 Å². The van der Waals surface area contributed by atoms with Crippen molar-refractivity contribution in [2.75, 3.05) is 0 Å². The molecule has 5 nitrogen and oxygen atoms in total. The number of hydrogen-bond donors (Lipinski definition) is 0. The molecule has 0 bridgehead atoms. The molecule has 5 heteroatoms. The van der Waals surface area contributed by atoms with Crippen LogP contribution in [-0.2, 0) is 12.8 Å². The molecule has 0 N–H and O–H groups in total. The first-order chi connectivity index (χ1) is 13.6. The molecule has 0 unspecified atom stereocenters. The third-order valence-electron chi connectivity index (χ3n) is 5.28. The second-order valence-electron chi connectivity index (χ2n) is 7.44. The maximum absolute atomic E-state index is 13.6. The zero-order chi connectivity index (χ0) is 20.7. The highest BCUT2D eigenvalue weighted by Crippen LogP contribution is 2.29. The first-order valence-electron chi connectivity index (χ1n) is 10.8. The summed E-state index contributed by atoms with van der Waals surface area (Å²) in [4.78, 5) is 18.2. The van der Waals surface area contributed by atoms with E-state index < -0.39 is 0 Å². The van der Waals surface area contributed by atoms with Crippen LogP contribution in [0.2, 0.25) is 0 Å². The van der Waals surface area contributed by atoms with Gasteiger partial charge in [-0.1, -0.05) is 70.8 Å². The Morgan fingerprint density at radius 1 is 1.25 bits per heavy atom. The van der Waals surface area contributed by atoms with E-state index in [-0.39, 0.29) is 11.6 Å². The summed E-state index contributed by atoms with van der Waals surface area (Å²) in [5.41, 5.74) is 3.14. The molecule has 1 aliphatic carbocycles. The van der Waals surface area contributed by atoms with E-state index in [0.717, 1.165) is 54.1 Å². The van der Waals surface area contributed by atoms with E-state index in [1.165, 1.54) is 19.3 Å². The average molecular weight is 385 g/mol. The number of fused-ring (bicyclic) bond motifs is 1. The first-order valence-corrected chi connectivity index (χ1v) is 10.8. The fraction of sp³-hybridized carbons (Fsp3) is 0.609. The van der Waals surface area contributed by atoms with Crippen molar-refractivity contribution in [3.8, 4) is 0 Å². The molecule has 2 aromatic rings. The van der Waals surface area contributed by atoms with Crippen molar-refractivity contribution in [2.24, 2.45) is 0 Å². The summed E-state index contributed by atoms with van der Waals surface area (Å²) >= 11 is 0. The molecule has 0 radical (unpaired) electrons. The number of aryl methyl sites for hydroxylation is 2. The highest BCUT2D eigenvalue weighted by molar-refractivity contribution is 5.38. The number of nitrogens with zero attached hydrogens (tertiary/aromatic N) is 4. The van der Waals surface area contributed by atoms with Gasteiger partial charge in [0.15, 0.2) is 0 Å². The van der Waals surface area contributed by atoms with Gasteiger partial charge >= 0.3 is 0 Å². The molecule has 0 aromatic carbocycles. The molecule has 1 fully saturated rings. The molecule has 2 aromatic heterocycles. The maximum Gasteiger partial charge on any atom is 0.258 e. The third-order valence-corrected chi connectivity index (χ3v) is 5.28. The summed E-state index contributed by atoms with van der Waals surface area (Å²) in [7, 11) is 0. The Balaban J connectivity index is 0.00000136. The Bertz CT molecular complexity index is 882. The molecule has 0 atom stereocenters. The summed E-state index contributed by atoms with van der Waals surface area (Å²) in [5.74, 6) is 1.44. The van der Waals surface area contributed by atoms with Gasteiger partial charge in [0.25, 0.3) is 5.56 Å². The van der Waals surface area contributed by atoms with Crippen molar-refractivity contribution in [3.05, 3.63) is 51.7 Å². The highest BCUT2D eigenvalue weighted by Gasteiger charge is 2.25. The minimum atomic E-state index is 0.122. The maximum atomic E-state index is 13.6. The van der Waals surface area contributed by atoms with Crippen LogP contribution in [0.5, 0.6) is 0 Å². The summed E-state index contributed by atoms with van der Waals surface area (Å²) in [5, 5.41) is 4.65. The van der Waals surface area contributed by atoms with E-state index in [4.69, 9.17) is 0 Å². The molecule has 28 heavy (non-hydrogen) atoms. The fourth-order valence-corrected chi connectivity index (χ4v) is 4.11. The lowest BCUT2D eigenvalue weighted by atomic mass is 9.94.